The summed E-state index contributed by atoms with van der Waals surface area (Å²) in [5.41, 5.74) is -2.21. The summed E-state index contributed by atoms with van der Waals surface area (Å²) in [7, 11) is 0. The van der Waals surface area contributed by atoms with Crippen LogP contribution in [0.3, 0.4) is 0 Å². The zero-order valence-corrected chi connectivity index (χ0v) is 15.1. The number of ketones is 2. The van der Waals surface area contributed by atoms with Crippen molar-refractivity contribution in [1.29, 1.82) is 0 Å². The van der Waals surface area contributed by atoms with E-state index in [-0.39, 0.29) is 0 Å². The first kappa shape index (κ1) is 20.1. The normalized spacial score (nSPS) is 13.1. The van der Waals surface area contributed by atoms with Crippen LogP contribution < -0.4 is 0 Å². The van der Waals surface area contributed by atoms with Crippen molar-refractivity contribution in [3.05, 3.63) is 93.1 Å². The number of hydrogen-bond acceptors (Lipinski definition) is 2. The molecule has 0 amide bonds. The van der Waals surface area contributed by atoms with Crippen LogP contribution in [0.4, 0.5) is 35.1 Å². The lowest BCUT2D eigenvalue weighted by Crippen LogP contribution is -2.21. The Balaban J connectivity index is 1.87. The fraction of sp³-hybridized carbons (Fsp3) is 0. The second-order valence-corrected chi connectivity index (χ2v) is 7.06. The molecule has 1 aliphatic carbocycles. The van der Waals surface area contributed by atoms with Gasteiger partial charge < -0.3 is 0 Å². The molecule has 0 spiro atoms. The summed E-state index contributed by atoms with van der Waals surface area (Å²) >= 11 is 0. The van der Waals surface area contributed by atoms with Crippen molar-refractivity contribution in [3.8, 4) is 0 Å². The molecule has 4 aromatic carbocycles. The molecule has 0 unspecified atom stereocenters. The van der Waals surface area contributed by atoms with Gasteiger partial charge in [-0.05, 0) is 24.3 Å². The van der Waals surface area contributed by atoms with Crippen LogP contribution in [-0.4, -0.2) is 11.6 Å². The van der Waals surface area contributed by atoms with Crippen molar-refractivity contribution in [2.75, 3.05) is 0 Å². The maximum atomic E-state index is 14.2. The molecule has 0 radical (unpaired) electrons. The SMILES string of the molecule is O=C1c2cc3c(F)c(F)c(F)c(F)c3cc2C(=O)c2cc3c(F)c(F)c(F)c(F)c3cc21. The van der Waals surface area contributed by atoms with Crippen molar-refractivity contribution < 1.29 is 44.7 Å². The maximum Gasteiger partial charge on any atom is 0.198 e. The predicted octanol–water partition coefficient (Wildman–Crippen LogP) is 5.88. The molecule has 32 heavy (non-hydrogen) atoms. The van der Waals surface area contributed by atoms with Crippen molar-refractivity contribution >= 4 is 33.1 Å². The third-order valence-corrected chi connectivity index (χ3v) is 5.40. The highest BCUT2D eigenvalue weighted by atomic mass is 19.2. The average Bonchev–Trinajstić information content (AvgIpc) is 2.80. The minimum Gasteiger partial charge on any atom is -0.289 e. The van der Waals surface area contributed by atoms with Crippen LogP contribution in [0, 0.1) is 46.5 Å². The Labute approximate surface area is 171 Å². The van der Waals surface area contributed by atoms with Gasteiger partial charge in [0.05, 0.1) is 0 Å². The topological polar surface area (TPSA) is 34.1 Å². The van der Waals surface area contributed by atoms with Gasteiger partial charge in [-0.3, -0.25) is 9.59 Å². The molecule has 0 saturated carbocycles. The number of halogens is 8. The molecular formula is C22H4F8O2. The fourth-order valence-electron chi connectivity index (χ4n) is 3.83. The molecular weight excluding hydrogens is 448 g/mol. The van der Waals surface area contributed by atoms with Crippen molar-refractivity contribution in [2.24, 2.45) is 0 Å². The van der Waals surface area contributed by atoms with Crippen LogP contribution >= 0.6 is 0 Å². The van der Waals surface area contributed by atoms with Gasteiger partial charge in [0.25, 0.3) is 0 Å². The fourth-order valence-corrected chi connectivity index (χ4v) is 3.83. The number of carbonyl (C=O) groups is 2. The standard InChI is InChI=1S/C22H4F8O2/c23-13-5-1-9-10(2-6(5)14(24)18(28)17(13)27)22(32)12-4-8-7(3-11(12)21(9)31)15(25)19(29)20(30)16(8)26/h1-4H. The zero-order valence-electron chi connectivity index (χ0n) is 15.1. The van der Waals surface area contributed by atoms with E-state index in [9.17, 15) is 44.7 Å². The average molecular weight is 452 g/mol. The van der Waals surface area contributed by atoms with E-state index >= 15 is 0 Å². The number of hydrogen-bond donors (Lipinski definition) is 0. The molecule has 4 aromatic rings. The maximum absolute atomic E-state index is 14.2. The number of carbonyl (C=O) groups excluding carboxylic acids is 2. The zero-order chi connectivity index (χ0) is 23.2. The molecule has 2 nitrogen and oxygen atoms in total. The molecule has 1 aliphatic rings. The van der Waals surface area contributed by atoms with Gasteiger partial charge in [0.1, 0.15) is 0 Å². The molecule has 0 aromatic heterocycles. The van der Waals surface area contributed by atoms with Gasteiger partial charge in [-0.15, -0.1) is 0 Å². The summed E-state index contributed by atoms with van der Waals surface area (Å²) in [6, 6.07) is 2.50. The van der Waals surface area contributed by atoms with Gasteiger partial charge in [-0.1, -0.05) is 0 Å². The van der Waals surface area contributed by atoms with E-state index in [1.807, 2.05) is 0 Å². The minimum atomic E-state index is -2.13. The van der Waals surface area contributed by atoms with Crippen molar-refractivity contribution in [1.82, 2.24) is 0 Å². The van der Waals surface area contributed by atoms with Gasteiger partial charge in [-0.2, -0.15) is 0 Å². The molecule has 10 heteroatoms. The third kappa shape index (κ3) is 2.34. The lowest BCUT2D eigenvalue weighted by atomic mass is 9.81. The van der Waals surface area contributed by atoms with E-state index in [0.717, 1.165) is 0 Å². The summed E-state index contributed by atoms with van der Waals surface area (Å²) in [6.07, 6.45) is 0. The van der Waals surface area contributed by atoms with E-state index in [2.05, 4.69) is 0 Å². The molecule has 0 heterocycles. The largest absolute Gasteiger partial charge is 0.289 e. The highest BCUT2D eigenvalue weighted by molar-refractivity contribution is 6.30. The smallest absolute Gasteiger partial charge is 0.198 e. The molecule has 0 bridgehead atoms. The van der Waals surface area contributed by atoms with Gasteiger partial charge in [0, 0.05) is 43.8 Å². The first-order valence-corrected chi connectivity index (χ1v) is 8.73. The Morgan fingerprint density at radius 1 is 0.344 bits per heavy atom. The van der Waals surface area contributed by atoms with E-state index < -0.39 is 102 Å². The molecule has 5 rings (SSSR count). The number of benzene rings is 4. The number of rotatable bonds is 0. The quantitative estimate of drug-likeness (QED) is 0.167. The molecule has 160 valence electrons. The highest BCUT2D eigenvalue weighted by Gasteiger charge is 2.34. The van der Waals surface area contributed by atoms with Crippen molar-refractivity contribution in [3.63, 3.8) is 0 Å². The Kier molecular flexibility index (Phi) is 3.99. The summed E-state index contributed by atoms with van der Waals surface area (Å²) in [6.45, 7) is 0. The van der Waals surface area contributed by atoms with Gasteiger partial charge in [-0.25, -0.2) is 35.1 Å². The van der Waals surface area contributed by atoms with Gasteiger partial charge >= 0.3 is 0 Å². The molecule has 0 fully saturated rings. The molecule has 0 aliphatic heterocycles. The van der Waals surface area contributed by atoms with E-state index in [1.54, 1.807) is 0 Å². The van der Waals surface area contributed by atoms with E-state index in [4.69, 9.17) is 0 Å². The Morgan fingerprint density at radius 3 is 0.719 bits per heavy atom. The van der Waals surface area contributed by atoms with Gasteiger partial charge in [0.15, 0.2) is 58.1 Å². The van der Waals surface area contributed by atoms with Crippen LogP contribution in [0.5, 0.6) is 0 Å². The second kappa shape index (κ2) is 6.35. The minimum absolute atomic E-state index is 0.554. The Hall–Kier alpha value is -3.82. The van der Waals surface area contributed by atoms with Crippen LogP contribution in [0.15, 0.2) is 24.3 Å². The Bertz CT molecular complexity index is 1360. The summed E-state index contributed by atoms with van der Waals surface area (Å²) < 4.78 is 111. The van der Waals surface area contributed by atoms with Crippen LogP contribution in [0.25, 0.3) is 21.5 Å². The van der Waals surface area contributed by atoms with E-state index in [1.165, 1.54) is 0 Å². The van der Waals surface area contributed by atoms with Crippen LogP contribution in [0.1, 0.15) is 31.8 Å². The van der Waals surface area contributed by atoms with Crippen LogP contribution in [-0.2, 0) is 0 Å². The first-order valence-electron chi connectivity index (χ1n) is 8.73. The van der Waals surface area contributed by atoms with E-state index in [0.29, 0.717) is 24.3 Å². The molecule has 0 N–H and O–H groups in total. The first-order chi connectivity index (χ1) is 15.0. The second-order valence-electron chi connectivity index (χ2n) is 7.06. The predicted molar refractivity (Wildman–Crippen MR) is 94.4 cm³/mol. The molecule has 0 atom stereocenters. The Morgan fingerprint density at radius 2 is 0.531 bits per heavy atom. The highest BCUT2D eigenvalue weighted by Crippen LogP contribution is 2.37. The van der Waals surface area contributed by atoms with Crippen LogP contribution in [0.2, 0.25) is 0 Å². The summed E-state index contributed by atoms with van der Waals surface area (Å²) in [4.78, 5) is 25.8. The summed E-state index contributed by atoms with van der Waals surface area (Å²) in [5.74, 6) is -17.9. The molecule has 0 saturated heterocycles. The van der Waals surface area contributed by atoms with Crippen molar-refractivity contribution in [2.45, 2.75) is 0 Å². The number of fused-ring (bicyclic) bond motifs is 4. The summed E-state index contributed by atoms with van der Waals surface area (Å²) in [5, 5.41) is -3.35. The lowest BCUT2D eigenvalue weighted by Gasteiger charge is -2.20. The van der Waals surface area contributed by atoms with Gasteiger partial charge in [0.2, 0.25) is 0 Å². The monoisotopic (exact) mass is 452 g/mol. The lowest BCUT2D eigenvalue weighted by molar-refractivity contribution is 0.0979. The third-order valence-electron chi connectivity index (χ3n) is 5.40.